The number of hydrogen-bond acceptors (Lipinski definition) is 6. The molecule has 1 aromatic heterocycles. The summed E-state index contributed by atoms with van der Waals surface area (Å²) in [5.74, 6) is -1.04. The minimum atomic E-state index is -3.73. The minimum absolute atomic E-state index is 0.0183. The van der Waals surface area contributed by atoms with Crippen molar-refractivity contribution in [1.82, 2.24) is 9.71 Å². The molecule has 3 rings (SSSR count). The Labute approximate surface area is 175 Å². The second-order valence-electron chi connectivity index (χ2n) is 5.69. The maximum atomic E-state index is 13.9. The number of methoxy groups -OCH3 is 1. The highest BCUT2D eigenvalue weighted by molar-refractivity contribution is 7.89. The Morgan fingerprint density at radius 2 is 2.00 bits per heavy atom. The number of nitrogens with one attached hydrogen (secondary N) is 2. The number of anilines is 1. The van der Waals surface area contributed by atoms with E-state index in [4.69, 9.17) is 16.3 Å². The van der Waals surface area contributed by atoms with Crippen molar-refractivity contribution >= 4 is 44.0 Å². The van der Waals surface area contributed by atoms with Crippen LogP contribution in [0, 0.1) is 5.82 Å². The molecule has 11 heteroatoms. The van der Waals surface area contributed by atoms with Gasteiger partial charge in [0.1, 0.15) is 0 Å². The molecule has 3 aromatic rings. The fourth-order valence-corrected chi connectivity index (χ4v) is 4.09. The lowest BCUT2D eigenvalue weighted by atomic mass is 10.1. The molecule has 0 saturated carbocycles. The quantitative estimate of drug-likeness (QED) is 0.589. The van der Waals surface area contributed by atoms with Crippen molar-refractivity contribution in [2.75, 3.05) is 19.5 Å². The molecular formula is C18H15ClFN3O4S2. The number of aromatic nitrogens is 1. The third-order valence-electron chi connectivity index (χ3n) is 3.93. The number of nitrogens with zero attached hydrogens (tertiary/aromatic N) is 1. The van der Waals surface area contributed by atoms with E-state index in [9.17, 15) is 17.6 Å². The molecule has 0 radical (unpaired) electrons. The van der Waals surface area contributed by atoms with Crippen LogP contribution in [-0.4, -0.2) is 33.5 Å². The molecule has 29 heavy (non-hydrogen) atoms. The van der Waals surface area contributed by atoms with E-state index in [0.29, 0.717) is 11.3 Å². The van der Waals surface area contributed by atoms with Crippen LogP contribution in [0.25, 0.3) is 11.3 Å². The van der Waals surface area contributed by atoms with E-state index in [1.54, 1.807) is 11.4 Å². The summed E-state index contributed by atoms with van der Waals surface area (Å²) in [5, 5.41) is 4.57. The standard InChI is InChI=1S/C18H15ClFN3O4S2/c1-21-29(25,26)11-4-5-13(19)12(8-11)17(24)23-18-22-15(9-28-18)10-3-6-16(27-2)14(20)7-10/h3-9,21H,1-2H3,(H,22,23,24). The van der Waals surface area contributed by atoms with Crippen molar-refractivity contribution in [2.24, 2.45) is 0 Å². The first-order chi connectivity index (χ1) is 13.7. The summed E-state index contributed by atoms with van der Waals surface area (Å²) >= 11 is 7.18. The Kier molecular flexibility index (Phi) is 6.18. The van der Waals surface area contributed by atoms with Crippen molar-refractivity contribution < 1.29 is 22.3 Å². The molecule has 0 spiro atoms. The van der Waals surface area contributed by atoms with Crippen LogP contribution < -0.4 is 14.8 Å². The molecule has 152 valence electrons. The van der Waals surface area contributed by atoms with E-state index in [2.05, 4.69) is 15.0 Å². The van der Waals surface area contributed by atoms with Gasteiger partial charge in [-0.1, -0.05) is 11.6 Å². The van der Waals surface area contributed by atoms with E-state index in [1.807, 2.05) is 0 Å². The van der Waals surface area contributed by atoms with Crippen LogP contribution in [0.2, 0.25) is 5.02 Å². The van der Waals surface area contributed by atoms with Gasteiger partial charge in [0.2, 0.25) is 10.0 Å². The molecule has 0 unspecified atom stereocenters. The highest BCUT2D eigenvalue weighted by atomic mass is 35.5. The van der Waals surface area contributed by atoms with Crippen molar-refractivity contribution in [3.63, 3.8) is 0 Å². The maximum absolute atomic E-state index is 13.9. The molecule has 0 aliphatic rings. The zero-order chi connectivity index (χ0) is 21.2. The fourth-order valence-electron chi connectivity index (χ4n) is 2.42. The third kappa shape index (κ3) is 4.56. The monoisotopic (exact) mass is 455 g/mol. The number of carbonyl (C=O) groups is 1. The van der Waals surface area contributed by atoms with Gasteiger partial charge in [0.25, 0.3) is 5.91 Å². The average Bonchev–Trinajstić information content (AvgIpc) is 3.16. The molecule has 2 aromatic carbocycles. The van der Waals surface area contributed by atoms with Crippen molar-refractivity contribution in [1.29, 1.82) is 0 Å². The molecule has 0 bridgehead atoms. The predicted molar refractivity (Wildman–Crippen MR) is 110 cm³/mol. The molecule has 1 amide bonds. The summed E-state index contributed by atoms with van der Waals surface area (Å²) in [7, 11) is -1.09. The van der Waals surface area contributed by atoms with E-state index in [-0.39, 0.29) is 26.4 Å². The second kappa shape index (κ2) is 8.46. The van der Waals surface area contributed by atoms with E-state index in [1.165, 1.54) is 44.5 Å². The Balaban J connectivity index is 1.84. The van der Waals surface area contributed by atoms with Gasteiger partial charge in [-0.3, -0.25) is 10.1 Å². The first-order valence-corrected chi connectivity index (χ1v) is 10.8. The zero-order valence-electron chi connectivity index (χ0n) is 15.2. The summed E-state index contributed by atoms with van der Waals surface area (Å²) in [4.78, 5) is 16.7. The molecule has 1 heterocycles. The van der Waals surface area contributed by atoms with Gasteiger partial charge >= 0.3 is 0 Å². The zero-order valence-corrected chi connectivity index (χ0v) is 17.6. The summed E-state index contributed by atoms with van der Waals surface area (Å²) < 4.78 is 44.8. The SMILES string of the molecule is CNS(=O)(=O)c1ccc(Cl)c(C(=O)Nc2nc(-c3ccc(OC)c(F)c3)cs2)c1. The van der Waals surface area contributed by atoms with Crippen LogP contribution in [-0.2, 0) is 10.0 Å². The third-order valence-corrected chi connectivity index (χ3v) is 6.43. The number of hydrogen-bond donors (Lipinski definition) is 2. The van der Waals surface area contributed by atoms with Gasteiger partial charge in [-0.2, -0.15) is 0 Å². The predicted octanol–water partition coefficient (Wildman–Crippen LogP) is 3.77. The van der Waals surface area contributed by atoms with Gasteiger partial charge in [-0.25, -0.2) is 22.5 Å². The number of sulfonamides is 1. The lowest BCUT2D eigenvalue weighted by Crippen LogP contribution is -2.20. The lowest BCUT2D eigenvalue weighted by Gasteiger charge is -2.08. The van der Waals surface area contributed by atoms with Crippen LogP contribution in [0.4, 0.5) is 9.52 Å². The number of halogens is 2. The average molecular weight is 456 g/mol. The first-order valence-electron chi connectivity index (χ1n) is 8.09. The number of carbonyl (C=O) groups excluding carboxylic acids is 1. The van der Waals surface area contributed by atoms with Crippen molar-refractivity contribution in [2.45, 2.75) is 4.90 Å². The molecule has 0 atom stereocenters. The minimum Gasteiger partial charge on any atom is -0.494 e. The summed E-state index contributed by atoms with van der Waals surface area (Å²) in [5.41, 5.74) is 0.958. The van der Waals surface area contributed by atoms with Gasteiger partial charge in [0.05, 0.1) is 28.3 Å². The maximum Gasteiger partial charge on any atom is 0.259 e. The fraction of sp³-hybridized carbons (Fsp3) is 0.111. The summed E-state index contributed by atoms with van der Waals surface area (Å²) in [6.45, 7) is 0. The molecule has 0 aliphatic carbocycles. The van der Waals surface area contributed by atoms with E-state index in [0.717, 1.165) is 11.3 Å². The second-order valence-corrected chi connectivity index (χ2v) is 8.84. The van der Waals surface area contributed by atoms with Crippen LogP contribution in [0.15, 0.2) is 46.7 Å². The molecule has 0 saturated heterocycles. The summed E-state index contributed by atoms with van der Waals surface area (Å²) in [6.07, 6.45) is 0. The van der Waals surface area contributed by atoms with Gasteiger partial charge in [0, 0.05) is 10.9 Å². The van der Waals surface area contributed by atoms with Crippen LogP contribution in [0.5, 0.6) is 5.75 Å². The largest absolute Gasteiger partial charge is 0.494 e. The first kappa shape index (κ1) is 21.2. The number of rotatable bonds is 6. The number of amides is 1. The summed E-state index contributed by atoms with van der Waals surface area (Å²) in [6, 6.07) is 8.21. The normalized spacial score (nSPS) is 11.3. The Bertz CT molecular complexity index is 1180. The smallest absolute Gasteiger partial charge is 0.259 e. The number of thiazole rings is 1. The van der Waals surface area contributed by atoms with Gasteiger partial charge in [-0.15, -0.1) is 11.3 Å². The Morgan fingerprint density at radius 3 is 2.66 bits per heavy atom. The van der Waals surface area contributed by atoms with Gasteiger partial charge in [-0.05, 0) is 43.4 Å². The molecular weight excluding hydrogens is 441 g/mol. The Hall–Kier alpha value is -2.53. The van der Waals surface area contributed by atoms with Crippen LogP contribution in [0.3, 0.4) is 0 Å². The van der Waals surface area contributed by atoms with Crippen molar-refractivity contribution in [3.05, 3.63) is 58.2 Å². The molecule has 0 aliphatic heterocycles. The highest BCUT2D eigenvalue weighted by Crippen LogP contribution is 2.29. The highest BCUT2D eigenvalue weighted by Gasteiger charge is 2.18. The van der Waals surface area contributed by atoms with E-state index < -0.39 is 21.7 Å². The van der Waals surface area contributed by atoms with Gasteiger partial charge < -0.3 is 4.74 Å². The molecule has 2 N–H and O–H groups in total. The Morgan fingerprint density at radius 1 is 1.24 bits per heavy atom. The molecule has 7 nitrogen and oxygen atoms in total. The molecule has 0 fully saturated rings. The van der Waals surface area contributed by atoms with Crippen molar-refractivity contribution in [3.8, 4) is 17.0 Å². The van der Waals surface area contributed by atoms with Crippen LogP contribution >= 0.6 is 22.9 Å². The van der Waals surface area contributed by atoms with Crippen LogP contribution in [0.1, 0.15) is 10.4 Å². The topological polar surface area (TPSA) is 97.4 Å². The lowest BCUT2D eigenvalue weighted by molar-refractivity contribution is 0.102. The van der Waals surface area contributed by atoms with Gasteiger partial charge in [0.15, 0.2) is 16.7 Å². The number of benzene rings is 2. The number of ether oxygens (including phenoxy) is 1. The van der Waals surface area contributed by atoms with E-state index >= 15 is 0 Å².